The van der Waals surface area contributed by atoms with Crippen molar-refractivity contribution >= 4 is 46.9 Å². The predicted octanol–water partition coefficient (Wildman–Crippen LogP) is 6.86. The molecule has 3 amide bonds. The Morgan fingerprint density at radius 1 is 0.783 bits per heavy atom. The summed E-state index contributed by atoms with van der Waals surface area (Å²) in [5, 5.41) is 8.23. The van der Waals surface area contributed by atoms with Gasteiger partial charge in [0.25, 0.3) is 11.8 Å². The lowest BCUT2D eigenvalue weighted by molar-refractivity contribution is -0.115. The standard InChI is InChI=1S/C36H37N3O6S/c1-22-11-10-14-29(23(22)2)38-34(40)24(3)46-28-17-15-27(16-18-28)37-36(42)30(39-35(41)26-12-8-7-9-13-26)19-25-20-31(43-4)33(45-6)32(21-25)44-5/h7-21,24H,1-6H3,(H,37,42)(H,38,40)(H,39,41)/b30-19-. The first kappa shape index (κ1) is 33.7. The van der Waals surface area contributed by atoms with Gasteiger partial charge in [0.2, 0.25) is 11.7 Å². The summed E-state index contributed by atoms with van der Waals surface area (Å²) in [4.78, 5) is 40.3. The molecular formula is C36H37N3O6S. The van der Waals surface area contributed by atoms with E-state index in [0.29, 0.717) is 34.1 Å². The van der Waals surface area contributed by atoms with Crippen LogP contribution in [0.3, 0.4) is 0 Å². The Labute approximate surface area is 273 Å². The third kappa shape index (κ3) is 8.48. The molecule has 4 aromatic carbocycles. The van der Waals surface area contributed by atoms with Crippen molar-refractivity contribution < 1.29 is 28.6 Å². The molecule has 0 saturated heterocycles. The molecule has 4 rings (SSSR count). The summed E-state index contributed by atoms with van der Waals surface area (Å²) < 4.78 is 16.3. The number of carbonyl (C=O) groups is 3. The third-order valence-electron chi connectivity index (χ3n) is 7.18. The third-order valence-corrected chi connectivity index (χ3v) is 8.30. The minimum Gasteiger partial charge on any atom is -0.493 e. The summed E-state index contributed by atoms with van der Waals surface area (Å²) in [5.41, 5.74) is 4.37. The van der Waals surface area contributed by atoms with Gasteiger partial charge in [-0.2, -0.15) is 0 Å². The van der Waals surface area contributed by atoms with Crippen LogP contribution in [0, 0.1) is 13.8 Å². The van der Waals surface area contributed by atoms with Gasteiger partial charge in [0.05, 0.1) is 26.6 Å². The molecule has 1 unspecified atom stereocenters. The fraction of sp³-hybridized carbons (Fsp3) is 0.194. The summed E-state index contributed by atoms with van der Waals surface area (Å²) in [6, 6.07) is 24.9. The molecule has 0 radical (unpaired) electrons. The minimum absolute atomic E-state index is 0.00156. The van der Waals surface area contributed by atoms with E-state index in [1.165, 1.54) is 39.2 Å². The number of thioether (sulfide) groups is 1. The SMILES string of the molecule is COc1cc(/C=C(\NC(=O)c2ccccc2)C(=O)Nc2ccc(SC(C)C(=O)Nc3cccc(C)c3C)cc2)cc(OC)c1OC. The molecule has 46 heavy (non-hydrogen) atoms. The van der Waals surface area contributed by atoms with Crippen LogP contribution in [-0.4, -0.2) is 44.3 Å². The predicted molar refractivity (Wildman–Crippen MR) is 183 cm³/mol. The lowest BCUT2D eigenvalue weighted by Crippen LogP contribution is -2.30. The summed E-state index contributed by atoms with van der Waals surface area (Å²) in [5.74, 6) is 0.0943. The Morgan fingerprint density at radius 2 is 1.43 bits per heavy atom. The molecule has 0 saturated carbocycles. The molecule has 0 aliphatic rings. The van der Waals surface area contributed by atoms with Gasteiger partial charge in [0.1, 0.15) is 5.70 Å². The van der Waals surface area contributed by atoms with E-state index >= 15 is 0 Å². The zero-order chi connectivity index (χ0) is 33.2. The molecule has 10 heteroatoms. The van der Waals surface area contributed by atoms with Crippen LogP contribution in [0.5, 0.6) is 17.2 Å². The highest BCUT2D eigenvalue weighted by Gasteiger charge is 2.19. The molecular weight excluding hydrogens is 602 g/mol. The zero-order valence-electron chi connectivity index (χ0n) is 26.6. The van der Waals surface area contributed by atoms with Crippen LogP contribution in [0.2, 0.25) is 0 Å². The van der Waals surface area contributed by atoms with E-state index < -0.39 is 11.8 Å². The first-order valence-electron chi connectivity index (χ1n) is 14.5. The number of carbonyl (C=O) groups excluding carboxylic acids is 3. The Bertz CT molecular complexity index is 1710. The van der Waals surface area contributed by atoms with Crippen molar-refractivity contribution in [3.05, 3.63) is 113 Å². The summed E-state index contributed by atoms with van der Waals surface area (Å²) in [6.45, 7) is 5.83. The molecule has 1 atom stereocenters. The Morgan fingerprint density at radius 3 is 2.04 bits per heavy atom. The second-order valence-corrected chi connectivity index (χ2v) is 11.7. The summed E-state index contributed by atoms with van der Waals surface area (Å²) in [7, 11) is 4.49. The van der Waals surface area contributed by atoms with Gasteiger partial charge in [0, 0.05) is 21.8 Å². The van der Waals surface area contributed by atoms with Crippen LogP contribution in [0.1, 0.15) is 34.0 Å². The van der Waals surface area contributed by atoms with Crippen molar-refractivity contribution in [1.82, 2.24) is 5.32 Å². The van der Waals surface area contributed by atoms with Crippen molar-refractivity contribution in [3.8, 4) is 17.2 Å². The number of hydrogen-bond donors (Lipinski definition) is 3. The maximum absolute atomic E-state index is 13.6. The van der Waals surface area contributed by atoms with Crippen molar-refractivity contribution in [3.63, 3.8) is 0 Å². The van der Waals surface area contributed by atoms with Gasteiger partial charge in [-0.15, -0.1) is 11.8 Å². The van der Waals surface area contributed by atoms with Gasteiger partial charge in [-0.25, -0.2) is 0 Å². The fourth-order valence-electron chi connectivity index (χ4n) is 4.49. The molecule has 0 fully saturated rings. The average Bonchev–Trinajstić information content (AvgIpc) is 3.07. The number of ether oxygens (including phenoxy) is 3. The molecule has 0 heterocycles. The van der Waals surface area contributed by atoms with E-state index in [4.69, 9.17) is 14.2 Å². The Balaban J connectivity index is 1.52. The van der Waals surface area contributed by atoms with Crippen LogP contribution in [0.4, 0.5) is 11.4 Å². The normalized spacial score (nSPS) is 11.7. The van der Waals surface area contributed by atoms with Crippen LogP contribution >= 0.6 is 11.8 Å². The van der Waals surface area contributed by atoms with E-state index in [0.717, 1.165) is 21.7 Å². The molecule has 0 spiro atoms. The maximum Gasteiger partial charge on any atom is 0.272 e. The number of nitrogens with one attached hydrogen (secondary N) is 3. The van der Waals surface area contributed by atoms with Gasteiger partial charge < -0.3 is 30.2 Å². The number of amides is 3. The minimum atomic E-state index is -0.542. The number of anilines is 2. The highest BCUT2D eigenvalue weighted by atomic mass is 32.2. The van der Waals surface area contributed by atoms with E-state index in [1.54, 1.807) is 54.6 Å². The largest absolute Gasteiger partial charge is 0.493 e. The van der Waals surface area contributed by atoms with Crippen LogP contribution in [-0.2, 0) is 9.59 Å². The molecule has 0 bridgehead atoms. The lowest BCUT2D eigenvalue weighted by Gasteiger charge is -2.15. The van der Waals surface area contributed by atoms with Crippen LogP contribution in [0.15, 0.2) is 95.5 Å². The maximum atomic E-state index is 13.6. The molecule has 9 nitrogen and oxygen atoms in total. The topological polar surface area (TPSA) is 115 Å². The van der Waals surface area contributed by atoms with Gasteiger partial charge in [-0.1, -0.05) is 30.3 Å². The van der Waals surface area contributed by atoms with E-state index in [-0.39, 0.29) is 16.9 Å². The molecule has 0 aliphatic heterocycles. The van der Waals surface area contributed by atoms with Crippen LogP contribution in [0.25, 0.3) is 6.08 Å². The number of benzene rings is 4. The number of rotatable bonds is 12. The number of methoxy groups -OCH3 is 3. The van der Waals surface area contributed by atoms with Gasteiger partial charge >= 0.3 is 0 Å². The average molecular weight is 640 g/mol. The van der Waals surface area contributed by atoms with E-state index in [2.05, 4.69) is 16.0 Å². The highest BCUT2D eigenvalue weighted by molar-refractivity contribution is 8.00. The molecule has 0 aliphatic carbocycles. The first-order valence-corrected chi connectivity index (χ1v) is 15.3. The lowest BCUT2D eigenvalue weighted by atomic mass is 10.1. The molecule has 238 valence electrons. The second kappa shape index (κ2) is 15.7. The molecule has 4 aromatic rings. The van der Waals surface area contributed by atoms with Crippen molar-refractivity contribution in [2.24, 2.45) is 0 Å². The smallest absolute Gasteiger partial charge is 0.272 e. The fourth-order valence-corrected chi connectivity index (χ4v) is 5.35. The Hall–Kier alpha value is -5.22. The Kier molecular flexibility index (Phi) is 11.5. The van der Waals surface area contributed by atoms with Gasteiger partial charge in [-0.05, 0) is 98.1 Å². The van der Waals surface area contributed by atoms with Crippen molar-refractivity contribution in [2.75, 3.05) is 32.0 Å². The van der Waals surface area contributed by atoms with Crippen molar-refractivity contribution in [1.29, 1.82) is 0 Å². The zero-order valence-corrected chi connectivity index (χ0v) is 27.4. The van der Waals surface area contributed by atoms with E-state index in [1.807, 2.05) is 51.1 Å². The quantitative estimate of drug-likeness (QED) is 0.115. The molecule has 3 N–H and O–H groups in total. The van der Waals surface area contributed by atoms with Crippen molar-refractivity contribution in [2.45, 2.75) is 30.9 Å². The van der Waals surface area contributed by atoms with Gasteiger partial charge in [-0.3, -0.25) is 14.4 Å². The summed E-state index contributed by atoms with van der Waals surface area (Å²) >= 11 is 1.41. The number of hydrogen-bond acceptors (Lipinski definition) is 7. The van der Waals surface area contributed by atoms with Crippen LogP contribution < -0.4 is 30.2 Å². The highest BCUT2D eigenvalue weighted by Crippen LogP contribution is 2.38. The van der Waals surface area contributed by atoms with Gasteiger partial charge in [0.15, 0.2) is 11.5 Å². The molecule has 0 aromatic heterocycles. The van der Waals surface area contributed by atoms with E-state index in [9.17, 15) is 14.4 Å². The first-order chi connectivity index (χ1) is 22.1. The second-order valence-electron chi connectivity index (χ2n) is 10.3. The monoisotopic (exact) mass is 639 g/mol. The number of aryl methyl sites for hydroxylation is 1. The summed E-state index contributed by atoms with van der Waals surface area (Å²) in [6.07, 6.45) is 1.53.